The van der Waals surface area contributed by atoms with Crippen molar-refractivity contribution in [2.24, 2.45) is 0 Å². The summed E-state index contributed by atoms with van der Waals surface area (Å²) in [5, 5.41) is 8.19. The average molecular weight is 396 g/mol. The number of nitrogens with one attached hydrogen (secondary N) is 1. The van der Waals surface area contributed by atoms with Crippen molar-refractivity contribution in [2.45, 2.75) is 37.1 Å². The lowest BCUT2D eigenvalue weighted by molar-refractivity contribution is 0.0950. The van der Waals surface area contributed by atoms with Gasteiger partial charge in [0.1, 0.15) is 0 Å². The van der Waals surface area contributed by atoms with Crippen LogP contribution in [0.1, 0.15) is 46.4 Å². The molecule has 0 bridgehead atoms. The van der Waals surface area contributed by atoms with Gasteiger partial charge in [-0.05, 0) is 48.6 Å². The van der Waals surface area contributed by atoms with Crippen molar-refractivity contribution < 1.29 is 4.79 Å². The van der Waals surface area contributed by atoms with Crippen molar-refractivity contribution in [3.8, 4) is 0 Å². The highest BCUT2D eigenvalue weighted by molar-refractivity contribution is 5.91. The maximum atomic E-state index is 12.7. The molecule has 1 fully saturated rings. The summed E-state index contributed by atoms with van der Waals surface area (Å²) < 4.78 is 1.52. The van der Waals surface area contributed by atoms with Gasteiger partial charge in [-0.2, -0.15) is 4.68 Å². The summed E-state index contributed by atoms with van der Waals surface area (Å²) in [6.45, 7) is 3.68. The number of aromatic nitrogens is 3. The fourth-order valence-corrected chi connectivity index (χ4v) is 4.43. The molecule has 1 atom stereocenters. The Balaban J connectivity index is 1.66. The number of anilines is 1. The van der Waals surface area contributed by atoms with E-state index in [1.54, 1.807) is 0 Å². The highest BCUT2D eigenvalue weighted by Gasteiger charge is 2.38. The van der Waals surface area contributed by atoms with Crippen LogP contribution >= 0.6 is 0 Å². The van der Waals surface area contributed by atoms with Gasteiger partial charge in [0.25, 0.3) is 5.91 Å². The Morgan fingerprint density at radius 1 is 1.13 bits per heavy atom. The summed E-state index contributed by atoms with van der Waals surface area (Å²) in [6.07, 6.45) is 13.5. The van der Waals surface area contributed by atoms with E-state index in [-0.39, 0.29) is 5.91 Å². The molecule has 0 radical (unpaired) electrons. The van der Waals surface area contributed by atoms with Crippen LogP contribution in [0.4, 0.5) is 5.82 Å². The fraction of sp³-hybridized carbons (Fsp3) is 0.240. The second kappa shape index (κ2) is 7.41. The molecule has 2 aliphatic rings. The lowest BCUT2D eigenvalue weighted by atomic mass is 9.68. The highest BCUT2D eigenvalue weighted by atomic mass is 16.2. The van der Waals surface area contributed by atoms with E-state index < -0.39 is 5.41 Å². The first-order valence-corrected chi connectivity index (χ1v) is 10.4. The first-order chi connectivity index (χ1) is 14.7. The van der Waals surface area contributed by atoms with E-state index >= 15 is 0 Å². The molecule has 0 amide bonds. The lowest BCUT2D eigenvalue weighted by Crippen LogP contribution is -2.32. The normalized spacial score (nSPS) is 20.3. The molecule has 2 heterocycles. The van der Waals surface area contributed by atoms with Gasteiger partial charge in [-0.1, -0.05) is 49.1 Å². The molecule has 5 heteroatoms. The Kier molecular flexibility index (Phi) is 4.58. The van der Waals surface area contributed by atoms with Crippen LogP contribution in [-0.4, -0.2) is 26.7 Å². The molecule has 30 heavy (non-hydrogen) atoms. The predicted octanol–water partition coefficient (Wildman–Crippen LogP) is 4.62. The van der Waals surface area contributed by atoms with Crippen LogP contribution in [0.2, 0.25) is 0 Å². The second-order valence-electron chi connectivity index (χ2n) is 8.02. The molecule has 1 aromatic carbocycles. The van der Waals surface area contributed by atoms with Crippen molar-refractivity contribution in [3.05, 3.63) is 96.0 Å². The Hall–Kier alpha value is -3.47. The number of nitrogens with zero attached hydrogens (tertiary/aromatic N) is 3. The topological polar surface area (TPSA) is 59.8 Å². The number of carbonyl (C=O) groups is 1. The van der Waals surface area contributed by atoms with Gasteiger partial charge < -0.3 is 5.32 Å². The molecule has 2 aliphatic carbocycles. The van der Waals surface area contributed by atoms with E-state index in [4.69, 9.17) is 0 Å². The first kappa shape index (κ1) is 18.6. The van der Waals surface area contributed by atoms with Crippen molar-refractivity contribution in [1.29, 1.82) is 0 Å². The summed E-state index contributed by atoms with van der Waals surface area (Å²) >= 11 is 0. The third kappa shape index (κ3) is 2.98. The number of carbonyl (C=O) groups excluding carboxylic acids is 1. The smallest absolute Gasteiger partial charge is 0.270 e. The Morgan fingerprint density at radius 3 is 2.53 bits per heavy atom. The van der Waals surface area contributed by atoms with Crippen LogP contribution < -0.4 is 5.32 Å². The summed E-state index contributed by atoms with van der Waals surface area (Å²) in [6, 6.07) is 14.9. The van der Waals surface area contributed by atoms with Crippen molar-refractivity contribution >= 4 is 17.8 Å². The number of benzene rings is 1. The molecule has 0 saturated heterocycles. The van der Waals surface area contributed by atoms with Gasteiger partial charge >= 0.3 is 0 Å². The van der Waals surface area contributed by atoms with Gasteiger partial charge in [-0.25, -0.2) is 0 Å². The van der Waals surface area contributed by atoms with Crippen molar-refractivity contribution in [2.75, 3.05) is 5.32 Å². The van der Waals surface area contributed by atoms with Gasteiger partial charge in [-0.3, -0.25) is 9.78 Å². The van der Waals surface area contributed by atoms with E-state index in [1.807, 2.05) is 30.6 Å². The Labute approximate surface area is 176 Å². The third-order valence-corrected chi connectivity index (χ3v) is 6.32. The maximum Gasteiger partial charge on any atom is 0.270 e. The zero-order valence-corrected chi connectivity index (χ0v) is 16.8. The Morgan fingerprint density at radius 2 is 1.87 bits per heavy atom. The average Bonchev–Trinajstić information content (AvgIpc) is 3.14. The zero-order valence-electron chi connectivity index (χ0n) is 16.8. The molecule has 1 N–H and O–H groups in total. The molecule has 1 saturated carbocycles. The Bertz CT molecular complexity index is 1070. The molecule has 3 aromatic rings. The molecule has 1 unspecified atom stereocenters. The molecule has 0 spiro atoms. The van der Waals surface area contributed by atoms with Gasteiger partial charge in [0, 0.05) is 35.8 Å². The van der Waals surface area contributed by atoms with Gasteiger partial charge in [0.2, 0.25) is 0 Å². The predicted molar refractivity (Wildman–Crippen MR) is 119 cm³/mol. The first-order valence-electron chi connectivity index (χ1n) is 10.4. The molecular formula is C25H24N4O. The maximum absolute atomic E-state index is 12.7. The standard InChI is InChI=1S/C25H24N4O/c1-2-23(30)29-22-17-25(18-7-4-3-5-8-18,19-12-15-26-16-13-19)14-11-21(22)24(28-29)27-20-9-6-10-20/h2-5,7-8,11-16,20H,1,6,9-10,17H2,(H,27,28). The quantitative estimate of drug-likeness (QED) is 0.639. The summed E-state index contributed by atoms with van der Waals surface area (Å²) in [5.74, 6) is 0.581. The summed E-state index contributed by atoms with van der Waals surface area (Å²) in [5.41, 5.74) is 3.82. The number of allylic oxidation sites excluding steroid dienone is 2. The number of rotatable bonds is 5. The van der Waals surface area contributed by atoms with Crippen LogP contribution in [0.15, 0.2) is 73.6 Å². The van der Waals surface area contributed by atoms with E-state index in [0.717, 1.165) is 35.5 Å². The van der Waals surface area contributed by atoms with E-state index in [9.17, 15) is 4.79 Å². The number of pyridine rings is 1. The van der Waals surface area contributed by atoms with Gasteiger partial charge in [0.05, 0.1) is 5.69 Å². The highest BCUT2D eigenvalue weighted by Crippen LogP contribution is 2.43. The molecule has 2 aromatic heterocycles. The van der Waals surface area contributed by atoms with E-state index in [0.29, 0.717) is 12.5 Å². The number of hydrogen-bond donors (Lipinski definition) is 1. The summed E-state index contributed by atoms with van der Waals surface area (Å²) in [7, 11) is 0. The minimum atomic E-state index is -0.399. The SMILES string of the molecule is C=CC(=O)n1nc(NC2CCC2)c2c1CC(c1ccccc1)(c1ccncc1)C=C2. The summed E-state index contributed by atoms with van der Waals surface area (Å²) in [4.78, 5) is 16.9. The molecule has 5 rings (SSSR count). The number of fused-ring (bicyclic) bond motifs is 1. The number of hydrogen-bond acceptors (Lipinski definition) is 4. The van der Waals surface area contributed by atoms with Crippen LogP contribution in [0.5, 0.6) is 0 Å². The van der Waals surface area contributed by atoms with Crippen LogP contribution in [0, 0.1) is 0 Å². The zero-order chi connectivity index (χ0) is 20.6. The monoisotopic (exact) mass is 396 g/mol. The molecule has 5 nitrogen and oxygen atoms in total. The largest absolute Gasteiger partial charge is 0.365 e. The van der Waals surface area contributed by atoms with Crippen molar-refractivity contribution in [3.63, 3.8) is 0 Å². The fourth-order valence-electron chi connectivity index (χ4n) is 4.43. The molecule has 150 valence electrons. The van der Waals surface area contributed by atoms with Crippen molar-refractivity contribution in [1.82, 2.24) is 14.8 Å². The minimum absolute atomic E-state index is 0.208. The van der Waals surface area contributed by atoms with E-state index in [2.05, 4.69) is 58.4 Å². The molecular weight excluding hydrogens is 372 g/mol. The van der Waals surface area contributed by atoms with Crippen LogP contribution in [-0.2, 0) is 11.8 Å². The minimum Gasteiger partial charge on any atom is -0.365 e. The lowest BCUT2D eigenvalue weighted by Gasteiger charge is -2.35. The second-order valence-corrected chi connectivity index (χ2v) is 8.02. The van der Waals surface area contributed by atoms with Gasteiger partial charge in [-0.15, -0.1) is 5.10 Å². The van der Waals surface area contributed by atoms with Crippen LogP contribution in [0.3, 0.4) is 0 Å². The van der Waals surface area contributed by atoms with E-state index in [1.165, 1.54) is 22.7 Å². The van der Waals surface area contributed by atoms with Gasteiger partial charge in [0.15, 0.2) is 5.82 Å². The van der Waals surface area contributed by atoms with Crippen LogP contribution in [0.25, 0.3) is 6.08 Å². The third-order valence-electron chi connectivity index (χ3n) is 6.32. The molecule has 0 aliphatic heterocycles.